The largest absolute Gasteiger partial charge is 0.405 e. The molecule has 0 amide bonds. The molecule has 0 spiro atoms. The summed E-state index contributed by atoms with van der Waals surface area (Å²) in [5, 5.41) is 0. The molecule has 0 saturated carbocycles. The van der Waals surface area contributed by atoms with Crippen LogP contribution in [0.1, 0.15) is 55.4 Å². The second-order valence-electron chi connectivity index (χ2n) is 1.63. The average molecular weight is 238 g/mol. The SMILES string of the molecule is CC.CC.CC.CC(C)=C/C=C\N.[V]. The van der Waals surface area contributed by atoms with Crippen molar-refractivity contribution in [3.8, 4) is 0 Å². The Morgan fingerprint density at radius 2 is 1.14 bits per heavy atom. The second kappa shape index (κ2) is 52.7. The van der Waals surface area contributed by atoms with Crippen molar-refractivity contribution in [1.82, 2.24) is 0 Å². The number of hydrogen-bond acceptors (Lipinski definition) is 1. The van der Waals surface area contributed by atoms with E-state index in [4.69, 9.17) is 5.73 Å². The maximum atomic E-state index is 5.05. The molecule has 0 unspecified atom stereocenters. The van der Waals surface area contributed by atoms with Crippen LogP contribution in [0.15, 0.2) is 23.9 Å². The van der Waals surface area contributed by atoms with Crippen molar-refractivity contribution in [2.45, 2.75) is 55.4 Å². The van der Waals surface area contributed by atoms with E-state index < -0.39 is 0 Å². The Morgan fingerprint density at radius 1 is 0.857 bits per heavy atom. The molecule has 2 heteroatoms. The summed E-state index contributed by atoms with van der Waals surface area (Å²) in [6.45, 7) is 16.1. The number of hydrogen-bond donors (Lipinski definition) is 1. The fraction of sp³-hybridized carbons (Fsp3) is 0.667. The van der Waals surface area contributed by atoms with E-state index in [9.17, 15) is 0 Å². The molecule has 0 aliphatic rings. The third kappa shape index (κ3) is 93.8. The molecule has 1 radical (unpaired) electrons. The minimum atomic E-state index is 0. The van der Waals surface area contributed by atoms with E-state index >= 15 is 0 Å². The molecule has 0 atom stereocenters. The Bertz CT molecular complexity index is 92.5. The maximum Gasteiger partial charge on any atom is 0 e. The normalized spacial score (nSPS) is 6.00. The molecule has 0 rings (SSSR count). The number of allylic oxidation sites excluding steroid dienone is 3. The summed E-state index contributed by atoms with van der Waals surface area (Å²) in [6, 6.07) is 0. The Balaban J connectivity index is -0.0000000332. The van der Waals surface area contributed by atoms with Gasteiger partial charge in [0.2, 0.25) is 0 Å². The zero-order chi connectivity index (χ0) is 11.7. The first-order valence-corrected chi connectivity index (χ1v) is 5.29. The van der Waals surface area contributed by atoms with Crippen LogP contribution in [0.3, 0.4) is 0 Å². The Hall–Kier alpha value is -0.136. The van der Waals surface area contributed by atoms with Crippen LogP contribution in [0.4, 0.5) is 0 Å². The second-order valence-corrected chi connectivity index (χ2v) is 1.63. The van der Waals surface area contributed by atoms with Crippen molar-refractivity contribution in [1.29, 1.82) is 0 Å². The number of rotatable bonds is 1. The average Bonchev–Trinajstić information content (AvgIpc) is 2.24. The minimum Gasteiger partial charge on any atom is -0.405 e. The molecule has 1 nitrogen and oxygen atoms in total. The Morgan fingerprint density at radius 3 is 1.21 bits per heavy atom. The van der Waals surface area contributed by atoms with Gasteiger partial charge in [-0.05, 0) is 26.1 Å². The van der Waals surface area contributed by atoms with Gasteiger partial charge >= 0.3 is 0 Å². The van der Waals surface area contributed by atoms with Gasteiger partial charge in [-0.1, -0.05) is 53.2 Å². The van der Waals surface area contributed by atoms with Crippen LogP contribution in [0.2, 0.25) is 0 Å². The van der Waals surface area contributed by atoms with E-state index in [1.54, 1.807) is 0 Å². The molecule has 0 saturated heterocycles. The summed E-state index contributed by atoms with van der Waals surface area (Å²) in [6.07, 6.45) is 5.29. The van der Waals surface area contributed by atoms with Gasteiger partial charge < -0.3 is 5.73 Å². The summed E-state index contributed by atoms with van der Waals surface area (Å²) >= 11 is 0. The van der Waals surface area contributed by atoms with Gasteiger partial charge in [0.05, 0.1) is 0 Å². The predicted octanol–water partition coefficient (Wildman–Crippen LogP) is 4.50. The van der Waals surface area contributed by atoms with Gasteiger partial charge in [-0.15, -0.1) is 0 Å². The fourth-order valence-corrected chi connectivity index (χ4v) is 0.248. The fourth-order valence-electron chi connectivity index (χ4n) is 0.248. The molecule has 0 bridgehead atoms. The summed E-state index contributed by atoms with van der Waals surface area (Å²) < 4.78 is 0. The third-order valence-electron chi connectivity index (χ3n) is 0.541. The smallest absolute Gasteiger partial charge is 0 e. The third-order valence-corrected chi connectivity index (χ3v) is 0.541. The van der Waals surface area contributed by atoms with Crippen LogP contribution >= 0.6 is 0 Å². The molecular formula is C12H29NV. The summed E-state index contributed by atoms with van der Waals surface area (Å²) in [5.74, 6) is 0. The van der Waals surface area contributed by atoms with Crippen molar-refractivity contribution >= 4 is 0 Å². The first-order valence-electron chi connectivity index (χ1n) is 5.29. The van der Waals surface area contributed by atoms with E-state index in [1.165, 1.54) is 11.8 Å². The van der Waals surface area contributed by atoms with E-state index in [1.807, 2.05) is 67.5 Å². The molecule has 0 aromatic carbocycles. The van der Waals surface area contributed by atoms with Gasteiger partial charge in [0.1, 0.15) is 0 Å². The van der Waals surface area contributed by atoms with Gasteiger partial charge in [-0.25, -0.2) is 0 Å². The van der Waals surface area contributed by atoms with Crippen LogP contribution in [-0.2, 0) is 18.6 Å². The zero-order valence-electron chi connectivity index (χ0n) is 11.3. The molecule has 0 heterocycles. The Kier molecular flexibility index (Phi) is 110. The molecule has 2 N–H and O–H groups in total. The predicted molar refractivity (Wildman–Crippen MR) is 66.8 cm³/mol. The minimum absolute atomic E-state index is 0. The van der Waals surface area contributed by atoms with Crippen LogP contribution in [0.5, 0.6) is 0 Å². The van der Waals surface area contributed by atoms with Gasteiger partial charge in [0, 0.05) is 18.6 Å². The maximum absolute atomic E-state index is 5.05. The monoisotopic (exact) mass is 238 g/mol. The molecule has 0 aromatic rings. The van der Waals surface area contributed by atoms with Crippen LogP contribution in [-0.4, -0.2) is 0 Å². The molecule has 0 fully saturated rings. The van der Waals surface area contributed by atoms with Crippen LogP contribution in [0.25, 0.3) is 0 Å². The summed E-state index contributed by atoms with van der Waals surface area (Å²) in [7, 11) is 0. The van der Waals surface area contributed by atoms with Crippen molar-refractivity contribution in [2.75, 3.05) is 0 Å². The van der Waals surface area contributed by atoms with Crippen molar-refractivity contribution < 1.29 is 18.6 Å². The standard InChI is InChI=1S/C6H11N.3C2H6.V/c1-6(2)4-3-5-7;3*1-2;/h3-5H,7H2,1-2H3;3*1-2H3;/b5-3-;;;;. The van der Waals surface area contributed by atoms with Gasteiger partial charge in [-0.2, -0.15) is 0 Å². The number of nitrogens with two attached hydrogens (primary N) is 1. The van der Waals surface area contributed by atoms with Crippen molar-refractivity contribution in [3.63, 3.8) is 0 Å². The van der Waals surface area contributed by atoms with Crippen molar-refractivity contribution in [3.05, 3.63) is 23.9 Å². The molecule has 87 valence electrons. The van der Waals surface area contributed by atoms with E-state index in [0.29, 0.717) is 0 Å². The Labute approximate surface area is 104 Å². The molecular weight excluding hydrogens is 209 g/mol. The van der Waals surface area contributed by atoms with E-state index in [-0.39, 0.29) is 18.6 Å². The molecule has 0 aliphatic carbocycles. The van der Waals surface area contributed by atoms with Gasteiger partial charge in [-0.3, -0.25) is 0 Å². The van der Waals surface area contributed by atoms with Crippen LogP contribution < -0.4 is 5.73 Å². The molecule has 14 heavy (non-hydrogen) atoms. The van der Waals surface area contributed by atoms with Crippen LogP contribution in [0, 0.1) is 0 Å². The topological polar surface area (TPSA) is 26.0 Å². The molecule has 0 aromatic heterocycles. The first kappa shape index (κ1) is 29.2. The quantitative estimate of drug-likeness (QED) is 0.669. The van der Waals surface area contributed by atoms with E-state index in [2.05, 4.69) is 0 Å². The zero-order valence-corrected chi connectivity index (χ0v) is 12.7. The van der Waals surface area contributed by atoms with Gasteiger partial charge in [0.15, 0.2) is 0 Å². The van der Waals surface area contributed by atoms with Crippen molar-refractivity contribution in [2.24, 2.45) is 5.73 Å². The molecule has 0 aliphatic heterocycles. The van der Waals surface area contributed by atoms with E-state index in [0.717, 1.165) is 0 Å². The first-order chi connectivity index (χ1) is 6.27. The summed E-state index contributed by atoms with van der Waals surface area (Å²) in [4.78, 5) is 0. The summed E-state index contributed by atoms with van der Waals surface area (Å²) in [5.41, 5.74) is 6.32. The van der Waals surface area contributed by atoms with Gasteiger partial charge in [0.25, 0.3) is 0 Å².